The number of halogens is 1. The molecule has 0 aliphatic carbocycles. The first kappa shape index (κ1) is 15.1. The maximum atomic E-state index is 13.3. The van der Waals surface area contributed by atoms with E-state index in [1.54, 1.807) is 6.92 Å². The van der Waals surface area contributed by atoms with Crippen molar-refractivity contribution in [1.82, 2.24) is 10.5 Å². The van der Waals surface area contributed by atoms with Crippen molar-refractivity contribution in [2.75, 3.05) is 0 Å². The van der Waals surface area contributed by atoms with Gasteiger partial charge in [0.15, 0.2) is 0 Å². The summed E-state index contributed by atoms with van der Waals surface area (Å²) >= 11 is 0. The molecule has 1 heterocycles. The van der Waals surface area contributed by atoms with Gasteiger partial charge >= 0.3 is 0 Å². The first-order chi connectivity index (χ1) is 9.90. The minimum atomic E-state index is -0.517. The van der Waals surface area contributed by atoms with Crippen molar-refractivity contribution < 1.29 is 13.8 Å². The molecule has 0 amide bonds. The number of hydrogen-bond donors (Lipinski definition) is 1. The summed E-state index contributed by atoms with van der Waals surface area (Å²) in [6, 6.07) is 3.32. The maximum absolute atomic E-state index is 13.3. The van der Waals surface area contributed by atoms with Crippen LogP contribution in [0.25, 0.3) is 0 Å². The van der Waals surface area contributed by atoms with E-state index in [4.69, 9.17) is 4.52 Å². The largest absolute Gasteiger partial charge is 0.361 e. The molecular weight excluding hydrogens is 277 g/mol. The summed E-state index contributed by atoms with van der Waals surface area (Å²) in [5, 5.41) is 17.9. The number of nitrogens with one attached hydrogen (secondary N) is 1. The van der Waals surface area contributed by atoms with Gasteiger partial charge in [-0.15, -0.1) is 0 Å². The van der Waals surface area contributed by atoms with Gasteiger partial charge in [0.25, 0.3) is 5.69 Å². The highest BCUT2D eigenvalue weighted by Crippen LogP contribution is 2.23. The lowest BCUT2D eigenvalue weighted by Crippen LogP contribution is -2.19. The lowest BCUT2D eigenvalue weighted by Gasteiger charge is -2.13. The predicted molar refractivity (Wildman–Crippen MR) is 74.3 cm³/mol. The fourth-order valence-corrected chi connectivity index (χ4v) is 2.35. The van der Waals surface area contributed by atoms with Gasteiger partial charge in [0, 0.05) is 29.8 Å². The lowest BCUT2D eigenvalue weighted by atomic mass is 10.1. The summed E-state index contributed by atoms with van der Waals surface area (Å²) in [6.45, 7) is 5.71. The summed E-state index contributed by atoms with van der Waals surface area (Å²) in [5.74, 6) is 0.198. The molecule has 2 rings (SSSR count). The van der Waals surface area contributed by atoms with E-state index >= 15 is 0 Å². The molecule has 0 saturated heterocycles. The molecule has 112 valence electrons. The highest BCUT2D eigenvalue weighted by atomic mass is 19.1. The zero-order valence-electron chi connectivity index (χ0n) is 12.0. The standard InChI is InChI=1S/C14H16FN3O3/c1-8(14-9(2)17-21-10(14)3)16-7-11-6-12(15)4-5-13(11)18(19)20/h4-6,8,16H,7H2,1-3H3. The van der Waals surface area contributed by atoms with E-state index in [1.165, 1.54) is 12.1 Å². The van der Waals surface area contributed by atoms with Crippen molar-refractivity contribution in [1.29, 1.82) is 0 Å². The Morgan fingerprint density at radius 1 is 1.48 bits per heavy atom. The number of benzene rings is 1. The van der Waals surface area contributed by atoms with Crippen LogP contribution in [0.2, 0.25) is 0 Å². The van der Waals surface area contributed by atoms with Crippen LogP contribution in [0.5, 0.6) is 0 Å². The fourth-order valence-electron chi connectivity index (χ4n) is 2.35. The molecule has 1 N–H and O–H groups in total. The van der Waals surface area contributed by atoms with Crippen molar-refractivity contribution in [2.45, 2.75) is 33.4 Å². The SMILES string of the molecule is Cc1noc(C)c1C(C)NCc1cc(F)ccc1[N+](=O)[O-]. The molecule has 0 fully saturated rings. The smallest absolute Gasteiger partial charge is 0.274 e. The minimum absolute atomic E-state index is 0.102. The molecule has 0 aliphatic heterocycles. The normalized spacial score (nSPS) is 12.4. The average Bonchev–Trinajstić information content (AvgIpc) is 2.75. The summed E-state index contributed by atoms with van der Waals surface area (Å²) in [4.78, 5) is 10.4. The molecule has 0 aliphatic rings. The number of aryl methyl sites for hydroxylation is 2. The van der Waals surface area contributed by atoms with Crippen LogP contribution >= 0.6 is 0 Å². The zero-order valence-corrected chi connectivity index (χ0v) is 12.0. The maximum Gasteiger partial charge on any atom is 0.274 e. The van der Waals surface area contributed by atoms with Gasteiger partial charge in [-0.3, -0.25) is 10.1 Å². The molecule has 1 unspecified atom stereocenters. The van der Waals surface area contributed by atoms with E-state index in [0.717, 1.165) is 17.3 Å². The lowest BCUT2D eigenvalue weighted by molar-refractivity contribution is -0.385. The molecular formula is C14H16FN3O3. The van der Waals surface area contributed by atoms with Crippen molar-refractivity contribution in [3.05, 3.63) is 56.7 Å². The van der Waals surface area contributed by atoms with E-state index in [0.29, 0.717) is 11.3 Å². The van der Waals surface area contributed by atoms with Crippen molar-refractivity contribution >= 4 is 5.69 Å². The van der Waals surface area contributed by atoms with Crippen molar-refractivity contribution in [3.63, 3.8) is 0 Å². The zero-order chi connectivity index (χ0) is 15.6. The van der Waals surface area contributed by atoms with Gasteiger partial charge in [0.1, 0.15) is 11.6 Å². The fraction of sp³-hybridized carbons (Fsp3) is 0.357. The van der Waals surface area contributed by atoms with Gasteiger partial charge in [-0.05, 0) is 32.9 Å². The second-order valence-electron chi connectivity index (χ2n) is 4.87. The molecule has 0 radical (unpaired) electrons. The van der Waals surface area contributed by atoms with E-state index in [2.05, 4.69) is 10.5 Å². The quantitative estimate of drug-likeness (QED) is 0.676. The van der Waals surface area contributed by atoms with E-state index in [-0.39, 0.29) is 18.3 Å². The van der Waals surface area contributed by atoms with Crippen LogP contribution in [-0.2, 0) is 6.54 Å². The molecule has 0 saturated carbocycles. The Morgan fingerprint density at radius 2 is 2.19 bits per heavy atom. The number of nitro groups is 1. The third-order valence-corrected chi connectivity index (χ3v) is 3.36. The van der Waals surface area contributed by atoms with Gasteiger partial charge in [-0.25, -0.2) is 4.39 Å². The van der Waals surface area contributed by atoms with Crippen LogP contribution in [0.4, 0.5) is 10.1 Å². The van der Waals surface area contributed by atoms with Gasteiger partial charge in [-0.2, -0.15) is 0 Å². The van der Waals surface area contributed by atoms with Crippen LogP contribution in [0.1, 0.15) is 35.5 Å². The summed E-state index contributed by atoms with van der Waals surface area (Å²) < 4.78 is 18.4. The number of nitro benzene ring substituents is 1. The van der Waals surface area contributed by atoms with Crippen LogP contribution in [0.3, 0.4) is 0 Å². The van der Waals surface area contributed by atoms with Crippen LogP contribution in [0, 0.1) is 29.8 Å². The third kappa shape index (κ3) is 3.25. The van der Waals surface area contributed by atoms with Gasteiger partial charge in [-0.1, -0.05) is 5.16 Å². The Kier molecular flexibility index (Phi) is 4.32. The Bertz CT molecular complexity index is 650. The highest BCUT2D eigenvalue weighted by Gasteiger charge is 2.19. The van der Waals surface area contributed by atoms with Crippen LogP contribution in [-0.4, -0.2) is 10.1 Å². The number of rotatable bonds is 5. The summed E-state index contributed by atoms with van der Waals surface area (Å²) in [6.07, 6.45) is 0. The van der Waals surface area contributed by atoms with E-state index in [1.807, 2.05) is 13.8 Å². The molecule has 0 spiro atoms. The van der Waals surface area contributed by atoms with Crippen molar-refractivity contribution in [2.24, 2.45) is 0 Å². The average molecular weight is 293 g/mol. The Hall–Kier alpha value is -2.28. The second-order valence-corrected chi connectivity index (χ2v) is 4.87. The molecule has 1 aromatic heterocycles. The highest BCUT2D eigenvalue weighted by molar-refractivity contribution is 5.40. The van der Waals surface area contributed by atoms with Crippen molar-refractivity contribution in [3.8, 4) is 0 Å². The number of nitrogens with zero attached hydrogens (tertiary/aromatic N) is 2. The second kappa shape index (κ2) is 6.01. The van der Waals surface area contributed by atoms with Crippen LogP contribution < -0.4 is 5.32 Å². The first-order valence-electron chi connectivity index (χ1n) is 6.49. The van der Waals surface area contributed by atoms with Crippen LogP contribution in [0.15, 0.2) is 22.7 Å². The van der Waals surface area contributed by atoms with Gasteiger partial charge in [0.2, 0.25) is 0 Å². The molecule has 0 bridgehead atoms. The monoisotopic (exact) mass is 293 g/mol. The Balaban J connectivity index is 2.17. The van der Waals surface area contributed by atoms with Gasteiger partial charge in [0.05, 0.1) is 10.6 Å². The summed E-state index contributed by atoms with van der Waals surface area (Å²) in [7, 11) is 0. The minimum Gasteiger partial charge on any atom is -0.361 e. The Labute approximate surface area is 121 Å². The number of aromatic nitrogens is 1. The molecule has 7 heteroatoms. The molecule has 1 aromatic carbocycles. The van der Waals surface area contributed by atoms with E-state index < -0.39 is 10.7 Å². The number of hydrogen-bond acceptors (Lipinski definition) is 5. The molecule has 2 aromatic rings. The Morgan fingerprint density at radius 3 is 2.76 bits per heavy atom. The molecule has 1 atom stereocenters. The topological polar surface area (TPSA) is 81.2 Å². The first-order valence-corrected chi connectivity index (χ1v) is 6.49. The molecule has 6 nitrogen and oxygen atoms in total. The third-order valence-electron chi connectivity index (χ3n) is 3.36. The van der Waals surface area contributed by atoms with Gasteiger partial charge < -0.3 is 9.84 Å². The summed E-state index contributed by atoms with van der Waals surface area (Å²) in [5.41, 5.74) is 1.88. The predicted octanol–water partition coefficient (Wildman–Crippen LogP) is 3.19. The van der Waals surface area contributed by atoms with E-state index in [9.17, 15) is 14.5 Å². The molecule has 21 heavy (non-hydrogen) atoms.